The van der Waals surface area contributed by atoms with Crippen molar-refractivity contribution >= 4 is 49.4 Å². The first kappa shape index (κ1) is 13.7. The molecule has 0 spiro atoms. The minimum absolute atomic E-state index is 0.0417. The molecule has 0 radical (unpaired) electrons. The van der Waals surface area contributed by atoms with Crippen molar-refractivity contribution in [1.82, 2.24) is 0 Å². The van der Waals surface area contributed by atoms with Crippen molar-refractivity contribution in [2.24, 2.45) is 35.5 Å². The number of fused-ring (bicyclic) bond motifs is 1. The van der Waals surface area contributed by atoms with Crippen molar-refractivity contribution in [3.63, 3.8) is 0 Å². The van der Waals surface area contributed by atoms with Crippen molar-refractivity contribution in [2.45, 2.75) is 19.3 Å². The van der Waals surface area contributed by atoms with Crippen LogP contribution in [0, 0.1) is 35.5 Å². The summed E-state index contributed by atoms with van der Waals surface area (Å²) in [5.41, 5.74) is 0.693. The molecule has 1 aromatic carbocycles. The molecule has 5 fully saturated rings. The molecule has 6 unspecified atom stereocenters. The molecule has 4 aliphatic carbocycles. The van der Waals surface area contributed by atoms with Gasteiger partial charge in [-0.15, -0.1) is 0 Å². The second-order valence-corrected chi connectivity index (χ2v) is 8.99. The zero-order chi connectivity index (χ0) is 15.2. The van der Waals surface area contributed by atoms with Gasteiger partial charge in [-0.25, -0.2) is 4.90 Å². The summed E-state index contributed by atoms with van der Waals surface area (Å²) < 4.78 is 1.75. The van der Waals surface area contributed by atoms with Crippen LogP contribution in [0.2, 0.25) is 0 Å². The highest BCUT2D eigenvalue weighted by Gasteiger charge is 2.68. The van der Waals surface area contributed by atoms with Gasteiger partial charge in [0, 0.05) is 8.95 Å². The molecule has 5 aliphatic rings. The predicted molar refractivity (Wildman–Crippen MR) is 89.1 cm³/mol. The van der Waals surface area contributed by atoms with Crippen LogP contribution in [0.25, 0.3) is 0 Å². The third-order valence-corrected chi connectivity index (χ3v) is 7.17. The standard InChI is InChI=1S/C17H15Br2NO2/c18-7-3-8(19)5-9(4-7)20-16(21)14-10-1-2-11(13-6-12(10)13)15(14)17(20)22/h3-5,10-15H,1-2,6H2. The van der Waals surface area contributed by atoms with Crippen LogP contribution in [-0.4, -0.2) is 11.8 Å². The molecule has 2 amide bonds. The molecule has 0 aromatic heterocycles. The molecule has 0 N–H and O–H groups in total. The average molecular weight is 425 g/mol. The van der Waals surface area contributed by atoms with Crippen LogP contribution in [-0.2, 0) is 9.59 Å². The molecular formula is C17H15Br2NO2. The van der Waals surface area contributed by atoms with Crippen LogP contribution >= 0.6 is 31.9 Å². The number of benzene rings is 1. The van der Waals surface area contributed by atoms with E-state index in [1.807, 2.05) is 18.2 Å². The average Bonchev–Trinajstić information content (AvgIpc) is 3.23. The van der Waals surface area contributed by atoms with E-state index in [2.05, 4.69) is 31.9 Å². The van der Waals surface area contributed by atoms with Gasteiger partial charge >= 0.3 is 0 Å². The molecule has 6 atom stereocenters. The Labute approximate surface area is 145 Å². The molecule has 1 saturated heterocycles. The van der Waals surface area contributed by atoms with E-state index in [1.54, 1.807) is 0 Å². The minimum Gasteiger partial charge on any atom is -0.274 e. The maximum absolute atomic E-state index is 13.0. The monoisotopic (exact) mass is 423 g/mol. The van der Waals surface area contributed by atoms with E-state index in [1.165, 1.54) is 11.3 Å². The molecule has 4 saturated carbocycles. The first-order valence-corrected chi connectivity index (χ1v) is 9.49. The smallest absolute Gasteiger partial charge is 0.237 e. The molecule has 1 heterocycles. The van der Waals surface area contributed by atoms with E-state index in [4.69, 9.17) is 0 Å². The lowest BCUT2D eigenvalue weighted by Crippen LogP contribution is -2.43. The van der Waals surface area contributed by atoms with E-state index in [-0.39, 0.29) is 23.7 Å². The first-order chi connectivity index (χ1) is 10.6. The van der Waals surface area contributed by atoms with Crippen LogP contribution in [0.5, 0.6) is 0 Å². The second-order valence-electron chi connectivity index (χ2n) is 7.16. The number of nitrogens with zero attached hydrogens (tertiary/aromatic N) is 1. The summed E-state index contributed by atoms with van der Waals surface area (Å²) in [6.45, 7) is 0. The molecule has 5 heteroatoms. The Morgan fingerprint density at radius 3 is 1.82 bits per heavy atom. The maximum Gasteiger partial charge on any atom is 0.237 e. The number of carbonyl (C=O) groups excluding carboxylic acids is 2. The largest absolute Gasteiger partial charge is 0.274 e. The van der Waals surface area contributed by atoms with Crippen molar-refractivity contribution in [2.75, 3.05) is 4.90 Å². The fraction of sp³-hybridized carbons (Fsp3) is 0.529. The quantitative estimate of drug-likeness (QED) is 0.639. The van der Waals surface area contributed by atoms with Gasteiger partial charge in [-0.3, -0.25) is 9.59 Å². The molecule has 6 rings (SSSR count). The van der Waals surface area contributed by atoms with E-state index < -0.39 is 0 Å². The Morgan fingerprint density at radius 2 is 1.32 bits per heavy atom. The third-order valence-electron chi connectivity index (χ3n) is 6.25. The van der Waals surface area contributed by atoms with E-state index in [9.17, 15) is 9.59 Å². The van der Waals surface area contributed by atoms with Crippen molar-refractivity contribution < 1.29 is 9.59 Å². The van der Waals surface area contributed by atoms with Crippen LogP contribution in [0.4, 0.5) is 5.69 Å². The fourth-order valence-electron chi connectivity index (χ4n) is 5.46. The number of rotatable bonds is 1. The molecular weight excluding hydrogens is 410 g/mol. The summed E-state index contributed by atoms with van der Waals surface area (Å²) in [6.07, 6.45) is 3.54. The van der Waals surface area contributed by atoms with Gasteiger partial charge in [0.05, 0.1) is 17.5 Å². The van der Waals surface area contributed by atoms with E-state index >= 15 is 0 Å². The molecule has 3 nitrogen and oxygen atoms in total. The number of hydrogen-bond acceptors (Lipinski definition) is 2. The number of amides is 2. The highest BCUT2D eigenvalue weighted by Crippen LogP contribution is 2.68. The number of carbonyl (C=O) groups is 2. The summed E-state index contributed by atoms with van der Waals surface area (Å²) in [6, 6.07) is 5.64. The highest BCUT2D eigenvalue weighted by molar-refractivity contribution is 9.11. The maximum atomic E-state index is 13.0. The molecule has 114 valence electrons. The van der Waals surface area contributed by atoms with E-state index in [0.717, 1.165) is 33.6 Å². The minimum atomic E-state index is -0.0484. The predicted octanol–water partition coefficient (Wildman–Crippen LogP) is 3.99. The molecule has 22 heavy (non-hydrogen) atoms. The van der Waals surface area contributed by atoms with Crippen LogP contribution in [0.15, 0.2) is 27.1 Å². The Hall–Kier alpha value is -0.680. The zero-order valence-electron chi connectivity index (χ0n) is 11.8. The highest BCUT2D eigenvalue weighted by atomic mass is 79.9. The zero-order valence-corrected chi connectivity index (χ0v) is 15.0. The molecule has 1 aromatic rings. The normalized spacial score (nSPS) is 41.6. The van der Waals surface area contributed by atoms with Crippen molar-refractivity contribution in [3.05, 3.63) is 27.1 Å². The number of hydrogen-bond donors (Lipinski definition) is 0. The fourth-order valence-corrected chi connectivity index (χ4v) is 6.73. The van der Waals surface area contributed by atoms with Gasteiger partial charge in [0.25, 0.3) is 0 Å². The van der Waals surface area contributed by atoms with Gasteiger partial charge in [0.15, 0.2) is 0 Å². The van der Waals surface area contributed by atoms with E-state index in [0.29, 0.717) is 17.5 Å². The SMILES string of the molecule is O=C1C2C3CCC(C4CC43)C2C(=O)N1c1cc(Br)cc(Br)c1. The second kappa shape index (κ2) is 4.44. The Bertz CT molecular complexity index is 664. The van der Waals surface area contributed by atoms with Crippen LogP contribution in [0.1, 0.15) is 19.3 Å². The van der Waals surface area contributed by atoms with Gasteiger partial charge in [-0.2, -0.15) is 0 Å². The Balaban J connectivity index is 1.59. The number of anilines is 1. The lowest BCUT2D eigenvalue weighted by Gasteiger charge is -2.42. The molecule has 2 bridgehead atoms. The van der Waals surface area contributed by atoms with Crippen LogP contribution < -0.4 is 4.90 Å². The number of halogens is 2. The van der Waals surface area contributed by atoms with Crippen molar-refractivity contribution in [1.29, 1.82) is 0 Å². The van der Waals surface area contributed by atoms with Gasteiger partial charge < -0.3 is 0 Å². The van der Waals surface area contributed by atoms with Crippen LogP contribution in [0.3, 0.4) is 0 Å². The summed E-state index contributed by atoms with van der Waals surface area (Å²) in [4.78, 5) is 27.5. The van der Waals surface area contributed by atoms with Gasteiger partial charge in [0.1, 0.15) is 0 Å². The first-order valence-electron chi connectivity index (χ1n) is 7.90. The summed E-state index contributed by atoms with van der Waals surface area (Å²) >= 11 is 6.90. The van der Waals surface area contributed by atoms with Gasteiger partial charge in [-0.1, -0.05) is 31.9 Å². The number of imide groups is 1. The lowest BCUT2D eigenvalue weighted by atomic mass is 9.59. The Kier molecular flexibility index (Phi) is 2.77. The molecule has 1 aliphatic heterocycles. The topological polar surface area (TPSA) is 37.4 Å². The summed E-state index contributed by atoms with van der Waals surface area (Å²) in [5, 5.41) is 0. The summed E-state index contributed by atoms with van der Waals surface area (Å²) in [7, 11) is 0. The lowest BCUT2D eigenvalue weighted by molar-refractivity contribution is -0.129. The summed E-state index contributed by atoms with van der Waals surface area (Å²) in [5.74, 6) is 2.35. The van der Waals surface area contributed by atoms with Gasteiger partial charge in [0.2, 0.25) is 11.8 Å². The van der Waals surface area contributed by atoms with Gasteiger partial charge in [-0.05, 0) is 61.1 Å². The Morgan fingerprint density at radius 1 is 0.818 bits per heavy atom. The third kappa shape index (κ3) is 1.67. The van der Waals surface area contributed by atoms with Crippen molar-refractivity contribution in [3.8, 4) is 0 Å².